The number of aromatic amines is 2. The Labute approximate surface area is 151 Å². The molecule has 0 amide bonds. The Morgan fingerprint density at radius 2 is 1.89 bits per heavy atom. The largest absolute Gasteiger partial charge is 0.293 e. The van der Waals surface area contributed by atoms with Crippen molar-refractivity contribution in [3.8, 4) is 11.1 Å². The molecule has 132 valence electrons. The lowest BCUT2D eigenvalue weighted by molar-refractivity contribution is 0.101. The maximum atomic E-state index is 12.4. The molecule has 0 aliphatic carbocycles. The van der Waals surface area contributed by atoms with Crippen LogP contribution in [-0.2, 0) is 0 Å². The smallest absolute Gasteiger partial charge is 0.276 e. The van der Waals surface area contributed by atoms with Crippen molar-refractivity contribution in [3.63, 3.8) is 0 Å². The van der Waals surface area contributed by atoms with E-state index >= 15 is 0 Å². The van der Waals surface area contributed by atoms with Gasteiger partial charge in [0.15, 0.2) is 22.7 Å². The standard InChI is InChI=1S/C18H13N7O2/c1-8-14(9(2)26)20-22-17-12-11(10-6-4-3-5-7-10)13-15(21-23-18(13)27)19-16(12)24-25(8)17/h3-7H,1-2H3,(H,23,27)(H,19,21,24). The Kier molecular flexibility index (Phi) is 3.02. The number of carbonyl (C=O) groups excluding carboxylic acids is 1. The second kappa shape index (κ2) is 5.31. The van der Waals surface area contributed by atoms with Gasteiger partial charge in [0.05, 0.1) is 16.5 Å². The van der Waals surface area contributed by atoms with E-state index in [-0.39, 0.29) is 17.0 Å². The second-order valence-corrected chi connectivity index (χ2v) is 6.29. The summed E-state index contributed by atoms with van der Waals surface area (Å²) in [7, 11) is 0. The predicted molar refractivity (Wildman–Crippen MR) is 98.7 cm³/mol. The third-order valence-corrected chi connectivity index (χ3v) is 4.64. The lowest BCUT2D eigenvalue weighted by Gasteiger charge is -2.05. The monoisotopic (exact) mass is 359 g/mol. The molecule has 0 bridgehead atoms. The molecule has 5 rings (SSSR count). The number of carbonyl (C=O) groups is 1. The molecule has 5 aromatic rings. The highest BCUT2D eigenvalue weighted by atomic mass is 16.1. The van der Waals surface area contributed by atoms with Crippen molar-refractivity contribution in [2.75, 3.05) is 0 Å². The SMILES string of the molecule is CC(=O)c1nnc2c3c(-c4ccccc4)c4c(=O)[nH]nc4nc3[nH]n2c1C. The summed E-state index contributed by atoms with van der Waals surface area (Å²) in [5, 5.41) is 19.0. The minimum absolute atomic E-state index is 0.179. The molecule has 0 aliphatic rings. The topological polar surface area (TPSA) is 122 Å². The number of pyridine rings is 1. The highest BCUT2D eigenvalue weighted by Crippen LogP contribution is 2.34. The Morgan fingerprint density at radius 3 is 2.63 bits per heavy atom. The molecule has 27 heavy (non-hydrogen) atoms. The molecule has 0 saturated heterocycles. The summed E-state index contributed by atoms with van der Waals surface area (Å²) < 4.78 is 1.67. The first-order valence-corrected chi connectivity index (χ1v) is 8.28. The van der Waals surface area contributed by atoms with Crippen LogP contribution < -0.4 is 5.56 Å². The van der Waals surface area contributed by atoms with Gasteiger partial charge in [-0.05, 0) is 12.5 Å². The molecule has 0 spiro atoms. The van der Waals surface area contributed by atoms with Crippen LogP contribution in [-0.4, -0.2) is 40.8 Å². The molecule has 4 aromatic heterocycles. The number of rotatable bonds is 2. The van der Waals surface area contributed by atoms with Gasteiger partial charge in [-0.1, -0.05) is 30.3 Å². The highest BCUT2D eigenvalue weighted by Gasteiger charge is 2.22. The summed E-state index contributed by atoms with van der Waals surface area (Å²) >= 11 is 0. The first-order valence-electron chi connectivity index (χ1n) is 8.28. The summed E-state index contributed by atoms with van der Waals surface area (Å²) in [5.74, 6) is -0.179. The lowest BCUT2D eigenvalue weighted by Crippen LogP contribution is -2.08. The minimum atomic E-state index is -0.317. The van der Waals surface area contributed by atoms with Crippen molar-refractivity contribution in [2.45, 2.75) is 13.8 Å². The van der Waals surface area contributed by atoms with Gasteiger partial charge in [-0.15, -0.1) is 10.2 Å². The number of nitrogens with one attached hydrogen (secondary N) is 2. The predicted octanol–water partition coefficient (Wildman–Crippen LogP) is 2.02. The van der Waals surface area contributed by atoms with E-state index in [4.69, 9.17) is 0 Å². The number of fused-ring (bicyclic) bond motifs is 4. The number of Topliss-reactive ketones (excluding diaryl/α,β-unsaturated/α-hetero) is 1. The van der Waals surface area contributed by atoms with Crippen LogP contribution in [0.1, 0.15) is 23.1 Å². The lowest BCUT2D eigenvalue weighted by atomic mass is 10.0. The Bertz CT molecular complexity index is 1430. The fraction of sp³-hybridized carbons (Fsp3) is 0.111. The first-order chi connectivity index (χ1) is 13.1. The number of hydrogen-bond donors (Lipinski definition) is 2. The van der Waals surface area contributed by atoms with Crippen molar-refractivity contribution >= 4 is 33.5 Å². The number of aromatic nitrogens is 7. The van der Waals surface area contributed by atoms with Crippen LogP contribution in [0, 0.1) is 6.92 Å². The zero-order valence-corrected chi connectivity index (χ0v) is 14.4. The van der Waals surface area contributed by atoms with Crippen molar-refractivity contribution in [1.82, 2.24) is 35.0 Å². The Morgan fingerprint density at radius 1 is 1.11 bits per heavy atom. The highest BCUT2D eigenvalue weighted by molar-refractivity contribution is 6.12. The van der Waals surface area contributed by atoms with Crippen LogP contribution in [0.3, 0.4) is 0 Å². The summed E-state index contributed by atoms with van der Waals surface area (Å²) in [6, 6.07) is 9.51. The van der Waals surface area contributed by atoms with Gasteiger partial charge in [-0.3, -0.25) is 14.7 Å². The first kappa shape index (κ1) is 15.4. The van der Waals surface area contributed by atoms with Crippen molar-refractivity contribution in [1.29, 1.82) is 0 Å². The van der Waals surface area contributed by atoms with Crippen LogP contribution in [0.25, 0.3) is 38.8 Å². The van der Waals surface area contributed by atoms with E-state index in [0.717, 1.165) is 5.56 Å². The van der Waals surface area contributed by atoms with Crippen LogP contribution in [0.4, 0.5) is 0 Å². The number of nitrogens with zero attached hydrogens (tertiary/aromatic N) is 5. The zero-order valence-electron chi connectivity index (χ0n) is 14.4. The van der Waals surface area contributed by atoms with Crippen LogP contribution in [0.15, 0.2) is 35.1 Å². The molecule has 0 atom stereocenters. The molecular weight excluding hydrogens is 346 g/mol. The molecule has 2 N–H and O–H groups in total. The average Bonchev–Trinajstić information content (AvgIpc) is 3.22. The van der Waals surface area contributed by atoms with Crippen molar-refractivity contribution < 1.29 is 4.79 Å². The molecule has 4 heterocycles. The van der Waals surface area contributed by atoms with Crippen molar-refractivity contribution in [2.24, 2.45) is 0 Å². The van der Waals surface area contributed by atoms with Gasteiger partial charge in [0.2, 0.25) is 0 Å². The van der Waals surface area contributed by atoms with Gasteiger partial charge in [-0.25, -0.2) is 14.6 Å². The molecule has 0 unspecified atom stereocenters. The molecule has 0 fully saturated rings. The molecule has 9 heteroatoms. The van der Waals surface area contributed by atoms with Crippen LogP contribution in [0.5, 0.6) is 0 Å². The minimum Gasteiger partial charge on any atom is -0.293 e. The van der Waals surface area contributed by atoms with E-state index in [1.807, 2.05) is 30.3 Å². The third kappa shape index (κ3) is 2.05. The van der Waals surface area contributed by atoms with E-state index in [2.05, 4.69) is 30.5 Å². The summed E-state index contributed by atoms with van der Waals surface area (Å²) in [6.07, 6.45) is 0. The van der Waals surface area contributed by atoms with Gasteiger partial charge in [0, 0.05) is 12.5 Å². The average molecular weight is 359 g/mol. The maximum Gasteiger partial charge on any atom is 0.276 e. The molecular formula is C18H13N7O2. The fourth-order valence-electron chi connectivity index (χ4n) is 3.43. The van der Waals surface area contributed by atoms with Gasteiger partial charge >= 0.3 is 0 Å². The molecule has 0 saturated carbocycles. The summed E-state index contributed by atoms with van der Waals surface area (Å²) in [5.41, 5.74) is 3.40. The van der Waals surface area contributed by atoms with E-state index in [0.29, 0.717) is 39.0 Å². The number of hydrogen-bond acceptors (Lipinski definition) is 6. The molecule has 9 nitrogen and oxygen atoms in total. The Balaban J connectivity index is 2.05. The second-order valence-electron chi connectivity index (χ2n) is 6.29. The normalized spacial score (nSPS) is 11.6. The molecule has 0 aliphatic heterocycles. The molecule has 0 radical (unpaired) electrons. The quantitative estimate of drug-likeness (QED) is 0.465. The Hall–Kier alpha value is -3.88. The van der Waals surface area contributed by atoms with Crippen LogP contribution >= 0.6 is 0 Å². The maximum absolute atomic E-state index is 12.4. The number of ketones is 1. The number of aryl methyl sites for hydroxylation is 1. The summed E-state index contributed by atoms with van der Waals surface area (Å²) in [4.78, 5) is 28.7. The van der Waals surface area contributed by atoms with Crippen molar-refractivity contribution in [3.05, 3.63) is 52.1 Å². The van der Waals surface area contributed by atoms with E-state index in [1.165, 1.54) is 6.92 Å². The fourth-order valence-corrected chi connectivity index (χ4v) is 3.43. The third-order valence-electron chi connectivity index (χ3n) is 4.64. The number of benzene rings is 1. The van der Waals surface area contributed by atoms with Gasteiger partial charge < -0.3 is 0 Å². The summed E-state index contributed by atoms with van der Waals surface area (Å²) in [6.45, 7) is 3.22. The van der Waals surface area contributed by atoms with E-state index in [9.17, 15) is 9.59 Å². The van der Waals surface area contributed by atoms with Gasteiger partial charge in [0.25, 0.3) is 5.56 Å². The van der Waals surface area contributed by atoms with Gasteiger partial charge in [-0.2, -0.15) is 5.10 Å². The number of H-pyrrole nitrogens is 2. The van der Waals surface area contributed by atoms with Gasteiger partial charge in [0.1, 0.15) is 5.69 Å². The molecule has 1 aromatic carbocycles. The zero-order chi connectivity index (χ0) is 18.7. The van der Waals surface area contributed by atoms with Crippen LogP contribution in [0.2, 0.25) is 0 Å². The van der Waals surface area contributed by atoms with E-state index < -0.39 is 0 Å². The van der Waals surface area contributed by atoms with E-state index in [1.54, 1.807) is 11.4 Å².